The maximum atomic E-state index is 11.0. The Morgan fingerprint density at radius 2 is 1.83 bits per heavy atom. The lowest BCUT2D eigenvalue weighted by Crippen LogP contribution is -2.48. The van der Waals surface area contributed by atoms with Crippen molar-refractivity contribution in [2.45, 2.75) is 26.3 Å². The smallest absolute Gasteiger partial charge is 0.321 e. The van der Waals surface area contributed by atoms with Crippen LogP contribution in [-0.2, 0) is 4.79 Å². The van der Waals surface area contributed by atoms with Gasteiger partial charge in [-0.15, -0.1) is 0 Å². The lowest BCUT2D eigenvalue weighted by molar-refractivity contribution is -0.117. The third-order valence-electron chi connectivity index (χ3n) is 0.863. The quantitative estimate of drug-likeness (QED) is 0.668. The van der Waals surface area contributed by atoms with Gasteiger partial charge in [0.15, 0.2) is 0 Å². The summed E-state index contributed by atoms with van der Waals surface area (Å²) in [6.07, 6.45) is 0. The highest BCUT2D eigenvalue weighted by Crippen LogP contribution is 1.97. The number of imide groups is 1. The molecule has 5 heteroatoms. The van der Waals surface area contributed by atoms with E-state index in [4.69, 9.17) is 0 Å². The first kappa shape index (κ1) is 11.4. The Morgan fingerprint density at radius 1 is 1.33 bits per heavy atom. The van der Waals surface area contributed by atoms with Crippen molar-refractivity contribution in [1.29, 1.82) is 0 Å². The summed E-state index contributed by atoms with van der Waals surface area (Å²) in [6, 6.07) is -0.466. The van der Waals surface area contributed by atoms with Crippen LogP contribution in [0.3, 0.4) is 0 Å². The second kappa shape index (κ2) is 4.45. The van der Waals surface area contributed by atoms with Gasteiger partial charge in [0.05, 0.1) is 5.33 Å². The predicted molar refractivity (Wildman–Crippen MR) is 50.2 cm³/mol. The predicted octanol–water partition coefficient (Wildman–Crippen LogP) is 1.01. The Hall–Kier alpha value is -0.580. The van der Waals surface area contributed by atoms with Gasteiger partial charge in [0.25, 0.3) is 0 Å². The standard InChI is InChI=1S/C7H13BrN2O2/c1-7(2,3)10-6(12)9-5(11)4-8/h4H2,1-3H3,(H2,9,10,11,12). The number of urea groups is 1. The fourth-order valence-electron chi connectivity index (χ4n) is 0.532. The summed E-state index contributed by atoms with van der Waals surface area (Å²) in [5.41, 5.74) is -0.323. The van der Waals surface area contributed by atoms with Gasteiger partial charge in [-0.3, -0.25) is 10.1 Å². The molecule has 0 aromatic rings. The van der Waals surface area contributed by atoms with Crippen molar-refractivity contribution in [1.82, 2.24) is 10.6 Å². The second-order valence-corrected chi connectivity index (χ2v) is 3.95. The van der Waals surface area contributed by atoms with Crippen LogP contribution in [0.5, 0.6) is 0 Å². The van der Waals surface area contributed by atoms with Crippen LogP contribution in [0.15, 0.2) is 0 Å². The molecule has 0 aliphatic rings. The minimum atomic E-state index is -0.466. The molecule has 0 atom stereocenters. The molecular weight excluding hydrogens is 224 g/mol. The molecular formula is C7H13BrN2O2. The van der Waals surface area contributed by atoms with Gasteiger partial charge >= 0.3 is 6.03 Å². The van der Waals surface area contributed by atoms with Gasteiger partial charge in [-0.2, -0.15) is 0 Å². The molecule has 2 N–H and O–H groups in total. The van der Waals surface area contributed by atoms with Gasteiger partial charge in [0.2, 0.25) is 5.91 Å². The maximum Gasteiger partial charge on any atom is 0.321 e. The van der Waals surface area contributed by atoms with Crippen LogP contribution in [0.4, 0.5) is 4.79 Å². The largest absolute Gasteiger partial charge is 0.333 e. The minimum Gasteiger partial charge on any atom is -0.333 e. The number of alkyl halides is 1. The van der Waals surface area contributed by atoms with E-state index in [1.54, 1.807) is 0 Å². The lowest BCUT2D eigenvalue weighted by atomic mass is 10.1. The molecule has 0 unspecified atom stereocenters. The Morgan fingerprint density at radius 3 is 2.17 bits per heavy atom. The summed E-state index contributed by atoms with van der Waals surface area (Å²) in [5, 5.41) is 4.87. The van der Waals surface area contributed by atoms with Gasteiger partial charge in [-0.05, 0) is 20.8 Å². The highest BCUT2D eigenvalue weighted by atomic mass is 79.9. The first-order valence-corrected chi connectivity index (χ1v) is 4.65. The molecule has 0 aliphatic carbocycles. The molecule has 4 nitrogen and oxygen atoms in total. The molecule has 0 bridgehead atoms. The number of amides is 3. The zero-order valence-electron chi connectivity index (χ0n) is 7.40. The van der Waals surface area contributed by atoms with Crippen LogP contribution in [0.25, 0.3) is 0 Å². The Labute approximate surface area is 80.2 Å². The average molecular weight is 237 g/mol. The minimum absolute atomic E-state index is 0.130. The van der Waals surface area contributed by atoms with Gasteiger partial charge < -0.3 is 5.32 Å². The fourth-order valence-corrected chi connectivity index (χ4v) is 0.672. The topological polar surface area (TPSA) is 58.2 Å². The van der Waals surface area contributed by atoms with Crippen LogP contribution in [-0.4, -0.2) is 22.8 Å². The molecule has 0 heterocycles. The average Bonchev–Trinajstić information content (AvgIpc) is 1.82. The van der Waals surface area contributed by atoms with Gasteiger partial charge in [0.1, 0.15) is 0 Å². The number of nitrogens with one attached hydrogen (secondary N) is 2. The normalized spacial score (nSPS) is 10.7. The molecule has 0 saturated heterocycles. The molecule has 0 rings (SSSR count). The molecule has 12 heavy (non-hydrogen) atoms. The van der Waals surface area contributed by atoms with Crippen LogP contribution in [0.1, 0.15) is 20.8 Å². The maximum absolute atomic E-state index is 11.0. The summed E-state index contributed by atoms with van der Waals surface area (Å²) in [7, 11) is 0. The van der Waals surface area contributed by atoms with E-state index >= 15 is 0 Å². The monoisotopic (exact) mass is 236 g/mol. The zero-order chi connectivity index (χ0) is 9.78. The Bertz CT molecular complexity index is 186. The van der Waals surface area contributed by atoms with Crippen molar-refractivity contribution in [3.05, 3.63) is 0 Å². The van der Waals surface area contributed by atoms with Crippen LogP contribution >= 0.6 is 15.9 Å². The first-order valence-electron chi connectivity index (χ1n) is 3.53. The van der Waals surface area contributed by atoms with E-state index in [1.807, 2.05) is 20.8 Å². The van der Waals surface area contributed by atoms with E-state index in [2.05, 4.69) is 26.6 Å². The Kier molecular flexibility index (Phi) is 4.23. The summed E-state index contributed by atoms with van der Waals surface area (Å²) in [4.78, 5) is 21.7. The van der Waals surface area contributed by atoms with E-state index in [0.29, 0.717) is 0 Å². The number of carbonyl (C=O) groups is 2. The van der Waals surface area contributed by atoms with E-state index in [0.717, 1.165) is 0 Å². The van der Waals surface area contributed by atoms with Crippen LogP contribution in [0, 0.1) is 0 Å². The van der Waals surface area contributed by atoms with Crippen molar-refractivity contribution >= 4 is 27.9 Å². The molecule has 0 spiro atoms. The number of halogens is 1. The van der Waals surface area contributed by atoms with Gasteiger partial charge in [0, 0.05) is 5.54 Å². The van der Waals surface area contributed by atoms with Crippen molar-refractivity contribution in [3.8, 4) is 0 Å². The number of rotatable bonds is 1. The lowest BCUT2D eigenvalue weighted by Gasteiger charge is -2.20. The number of hydrogen-bond acceptors (Lipinski definition) is 2. The van der Waals surface area contributed by atoms with Crippen molar-refractivity contribution in [2.24, 2.45) is 0 Å². The molecule has 0 aromatic carbocycles. The highest BCUT2D eigenvalue weighted by Gasteiger charge is 2.14. The third-order valence-corrected chi connectivity index (χ3v) is 1.37. The fraction of sp³-hybridized carbons (Fsp3) is 0.714. The molecule has 0 saturated carbocycles. The SMILES string of the molecule is CC(C)(C)NC(=O)NC(=O)CBr. The molecule has 70 valence electrons. The summed E-state index contributed by atoms with van der Waals surface area (Å²) in [5.74, 6) is -0.350. The molecule has 0 fully saturated rings. The first-order chi connectivity index (χ1) is 5.35. The highest BCUT2D eigenvalue weighted by molar-refractivity contribution is 9.09. The van der Waals surface area contributed by atoms with Crippen molar-refractivity contribution in [2.75, 3.05) is 5.33 Å². The van der Waals surface area contributed by atoms with Crippen molar-refractivity contribution < 1.29 is 9.59 Å². The Balaban J connectivity index is 3.83. The molecule has 3 amide bonds. The second-order valence-electron chi connectivity index (χ2n) is 3.39. The van der Waals surface area contributed by atoms with Gasteiger partial charge in [-0.25, -0.2) is 4.79 Å². The summed E-state index contributed by atoms with van der Waals surface area (Å²) in [6.45, 7) is 5.52. The summed E-state index contributed by atoms with van der Waals surface area (Å²) >= 11 is 2.93. The number of hydrogen-bond donors (Lipinski definition) is 2. The zero-order valence-corrected chi connectivity index (χ0v) is 8.99. The van der Waals surface area contributed by atoms with Crippen molar-refractivity contribution in [3.63, 3.8) is 0 Å². The van der Waals surface area contributed by atoms with Crippen LogP contribution in [0.2, 0.25) is 0 Å². The molecule has 0 aromatic heterocycles. The molecule has 0 radical (unpaired) electrons. The van der Waals surface area contributed by atoms with Gasteiger partial charge in [-0.1, -0.05) is 15.9 Å². The van der Waals surface area contributed by atoms with E-state index in [1.165, 1.54) is 0 Å². The summed E-state index contributed by atoms with van der Waals surface area (Å²) < 4.78 is 0. The number of carbonyl (C=O) groups excluding carboxylic acids is 2. The van der Waals surface area contributed by atoms with Crippen LogP contribution < -0.4 is 10.6 Å². The van der Waals surface area contributed by atoms with E-state index in [-0.39, 0.29) is 16.8 Å². The third kappa shape index (κ3) is 6.15. The molecule has 0 aliphatic heterocycles. The van der Waals surface area contributed by atoms with E-state index < -0.39 is 6.03 Å². The van der Waals surface area contributed by atoms with E-state index in [9.17, 15) is 9.59 Å².